The van der Waals surface area contributed by atoms with E-state index in [1.807, 2.05) is 6.07 Å². The van der Waals surface area contributed by atoms with Crippen molar-refractivity contribution >= 4 is 0 Å². The van der Waals surface area contributed by atoms with Crippen LogP contribution in [0.15, 0.2) is 18.2 Å². The van der Waals surface area contributed by atoms with Crippen LogP contribution in [0, 0.1) is 13.8 Å². The van der Waals surface area contributed by atoms with Gasteiger partial charge in [-0.05, 0) is 39.3 Å². The minimum atomic E-state index is -0.0721. The Morgan fingerprint density at radius 3 is 2.60 bits per heavy atom. The second-order valence-corrected chi connectivity index (χ2v) is 4.63. The molecule has 2 atom stereocenters. The fourth-order valence-electron chi connectivity index (χ4n) is 1.70. The van der Waals surface area contributed by atoms with Crippen LogP contribution >= 0.6 is 0 Å². The lowest BCUT2D eigenvalue weighted by molar-refractivity contribution is 0.201. The van der Waals surface area contributed by atoms with Gasteiger partial charge in [0.25, 0.3) is 0 Å². The van der Waals surface area contributed by atoms with Gasteiger partial charge in [-0.3, -0.25) is 0 Å². The predicted octanol–water partition coefficient (Wildman–Crippen LogP) is 2.86. The summed E-state index contributed by atoms with van der Waals surface area (Å²) in [5, 5.41) is 0. The molecule has 1 aromatic carbocycles. The lowest BCUT2D eigenvalue weighted by Crippen LogP contribution is -2.19. The molecule has 0 N–H and O–H groups in total. The van der Waals surface area contributed by atoms with Gasteiger partial charge in [-0.15, -0.1) is 0 Å². The Kier molecular flexibility index (Phi) is 2.47. The molecule has 2 unspecified atom stereocenters. The van der Waals surface area contributed by atoms with Crippen LogP contribution in [0.5, 0.6) is 5.75 Å². The first-order chi connectivity index (χ1) is 7.01. The third-order valence-electron chi connectivity index (χ3n) is 3.09. The molecule has 0 bridgehead atoms. The number of hydrogen-bond donors (Lipinski definition) is 0. The van der Waals surface area contributed by atoms with E-state index in [1.165, 1.54) is 11.1 Å². The van der Waals surface area contributed by atoms with Crippen molar-refractivity contribution in [2.45, 2.75) is 39.4 Å². The zero-order valence-corrected chi connectivity index (χ0v) is 9.83. The van der Waals surface area contributed by atoms with Gasteiger partial charge in [-0.1, -0.05) is 17.7 Å². The fraction of sp³-hybridized carbons (Fsp3) is 0.538. The molecule has 0 aromatic heterocycles. The van der Waals surface area contributed by atoms with Crippen molar-refractivity contribution in [3.05, 3.63) is 29.3 Å². The van der Waals surface area contributed by atoms with Crippen molar-refractivity contribution in [3.8, 4) is 5.75 Å². The summed E-state index contributed by atoms with van der Waals surface area (Å²) in [7, 11) is 0. The maximum absolute atomic E-state index is 5.76. The molecule has 0 amide bonds. The molecule has 0 radical (unpaired) electrons. The Morgan fingerprint density at radius 2 is 2.07 bits per heavy atom. The maximum Gasteiger partial charge on any atom is 0.125 e. The van der Waals surface area contributed by atoms with Crippen LogP contribution in [-0.2, 0) is 4.74 Å². The molecule has 82 valence electrons. The molecule has 0 aliphatic carbocycles. The molecule has 1 saturated heterocycles. The molecule has 1 fully saturated rings. The van der Waals surface area contributed by atoms with Crippen molar-refractivity contribution in [1.82, 2.24) is 0 Å². The molecule has 15 heavy (non-hydrogen) atoms. The average Bonchev–Trinajstić information content (AvgIpc) is 2.73. The smallest absolute Gasteiger partial charge is 0.125 e. The lowest BCUT2D eigenvalue weighted by atomic mass is 10.1. The van der Waals surface area contributed by atoms with Gasteiger partial charge in [-0.25, -0.2) is 0 Å². The molecule has 1 aliphatic heterocycles. The first-order valence-corrected chi connectivity index (χ1v) is 5.39. The first-order valence-electron chi connectivity index (χ1n) is 5.39. The van der Waals surface area contributed by atoms with Gasteiger partial charge in [0.05, 0.1) is 6.10 Å². The van der Waals surface area contributed by atoms with E-state index in [0.717, 1.165) is 5.75 Å². The Morgan fingerprint density at radius 1 is 1.40 bits per heavy atom. The summed E-state index contributed by atoms with van der Waals surface area (Å²) in [5.41, 5.74) is 2.38. The summed E-state index contributed by atoms with van der Waals surface area (Å²) in [6.45, 7) is 8.95. The Labute approximate surface area is 91.2 Å². The van der Waals surface area contributed by atoms with Crippen molar-refractivity contribution in [2.24, 2.45) is 0 Å². The molecular formula is C13H18O2. The monoisotopic (exact) mass is 206 g/mol. The number of hydrogen-bond acceptors (Lipinski definition) is 2. The third-order valence-corrected chi connectivity index (χ3v) is 3.09. The molecule has 2 rings (SSSR count). The van der Waals surface area contributed by atoms with Gasteiger partial charge in [0.15, 0.2) is 0 Å². The molecule has 0 spiro atoms. The Bertz CT molecular complexity index is 373. The van der Waals surface area contributed by atoms with Gasteiger partial charge in [0.2, 0.25) is 0 Å². The molecule has 2 nitrogen and oxygen atoms in total. The Balaban J connectivity index is 1.99. The highest BCUT2D eigenvalue weighted by Gasteiger charge is 2.49. The summed E-state index contributed by atoms with van der Waals surface area (Å²) < 4.78 is 11.2. The molecular weight excluding hydrogens is 188 g/mol. The van der Waals surface area contributed by atoms with Gasteiger partial charge in [-0.2, -0.15) is 0 Å². The van der Waals surface area contributed by atoms with Crippen LogP contribution in [0.2, 0.25) is 0 Å². The fourth-order valence-corrected chi connectivity index (χ4v) is 1.70. The van der Waals surface area contributed by atoms with Crippen LogP contribution in [0.25, 0.3) is 0 Å². The van der Waals surface area contributed by atoms with E-state index < -0.39 is 0 Å². The normalized spacial score (nSPS) is 28.9. The van der Waals surface area contributed by atoms with Gasteiger partial charge < -0.3 is 9.47 Å². The van der Waals surface area contributed by atoms with Crippen molar-refractivity contribution in [1.29, 1.82) is 0 Å². The first kappa shape index (κ1) is 10.5. The predicted molar refractivity (Wildman–Crippen MR) is 60.4 cm³/mol. The molecule has 1 aliphatic rings. The second-order valence-electron chi connectivity index (χ2n) is 4.63. The standard InChI is InChI=1S/C13H18O2/c1-9-5-6-12(10(2)7-9)14-8-13(4)11(3)15-13/h5-7,11H,8H2,1-4H3. The highest BCUT2D eigenvalue weighted by molar-refractivity contribution is 5.35. The van der Waals surface area contributed by atoms with E-state index in [2.05, 4.69) is 39.8 Å². The van der Waals surface area contributed by atoms with E-state index in [9.17, 15) is 0 Å². The molecule has 1 aromatic rings. The lowest BCUT2D eigenvalue weighted by Gasteiger charge is -2.11. The molecule has 2 heteroatoms. The number of benzene rings is 1. The zero-order valence-electron chi connectivity index (χ0n) is 9.83. The summed E-state index contributed by atoms with van der Waals surface area (Å²) in [4.78, 5) is 0. The quantitative estimate of drug-likeness (QED) is 0.709. The highest BCUT2D eigenvalue weighted by Crippen LogP contribution is 2.36. The summed E-state index contributed by atoms with van der Waals surface area (Å²) >= 11 is 0. The van der Waals surface area contributed by atoms with E-state index in [0.29, 0.717) is 12.7 Å². The third kappa shape index (κ3) is 2.15. The van der Waals surface area contributed by atoms with Crippen LogP contribution in [0.4, 0.5) is 0 Å². The van der Waals surface area contributed by atoms with Gasteiger partial charge in [0.1, 0.15) is 18.0 Å². The number of aryl methyl sites for hydroxylation is 2. The zero-order chi connectivity index (χ0) is 11.1. The van der Waals surface area contributed by atoms with E-state index >= 15 is 0 Å². The SMILES string of the molecule is Cc1ccc(OCC2(C)OC2C)c(C)c1. The average molecular weight is 206 g/mol. The number of ether oxygens (including phenoxy) is 2. The van der Waals surface area contributed by atoms with Crippen molar-refractivity contribution < 1.29 is 9.47 Å². The number of rotatable bonds is 3. The minimum absolute atomic E-state index is 0.0721. The van der Waals surface area contributed by atoms with Crippen LogP contribution in [0.3, 0.4) is 0 Å². The van der Waals surface area contributed by atoms with Crippen LogP contribution in [-0.4, -0.2) is 18.3 Å². The topological polar surface area (TPSA) is 21.8 Å². The molecule has 1 heterocycles. The number of epoxide rings is 1. The van der Waals surface area contributed by atoms with Crippen LogP contribution in [0.1, 0.15) is 25.0 Å². The molecule has 0 saturated carbocycles. The summed E-state index contributed by atoms with van der Waals surface area (Å²) in [6, 6.07) is 6.23. The van der Waals surface area contributed by atoms with E-state index in [1.54, 1.807) is 0 Å². The van der Waals surface area contributed by atoms with Crippen molar-refractivity contribution in [2.75, 3.05) is 6.61 Å². The maximum atomic E-state index is 5.76. The highest BCUT2D eigenvalue weighted by atomic mass is 16.6. The summed E-state index contributed by atoms with van der Waals surface area (Å²) in [6.07, 6.45) is 0.322. The van der Waals surface area contributed by atoms with Crippen LogP contribution < -0.4 is 4.74 Å². The van der Waals surface area contributed by atoms with E-state index in [4.69, 9.17) is 9.47 Å². The largest absolute Gasteiger partial charge is 0.490 e. The van der Waals surface area contributed by atoms with Gasteiger partial charge >= 0.3 is 0 Å². The minimum Gasteiger partial charge on any atom is -0.490 e. The second kappa shape index (κ2) is 3.53. The summed E-state index contributed by atoms with van der Waals surface area (Å²) in [5.74, 6) is 0.963. The Hall–Kier alpha value is -1.02. The van der Waals surface area contributed by atoms with Gasteiger partial charge in [0, 0.05) is 0 Å². The van der Waals surface area contributed by atoms with E-state index in [-0.39, 0.29) is 5.60 Å². The van der Waals surface area contributed by atoms with Crippen molar-refractivity contribution in [3.63, 3.8) is 0 Å².